The lowest BCUT2D eigenvalue weighted by molar-refractivity contribution is 0.413. The molecule has 0 radical (unpaired) electrons. The van der Waals surface area contributed by atoms with Crippen LogP contribution in [0.4, 0.5) is 0 Å². The van der Waals surface area contributed by atoms with Gasteiger partial charge in [0.1, 0.15) is 16.3 Å². The van der Waals surface area contributed by atoms with E-state index in [1.807, 2.05) is 19.1 Å². The van der Waals surface area contributed by atoms with Crippen molar-refractivity contribution in [3.05, 3.63) is 28.1 Å². The van der Waals surface area contributed by atoms with Crippen LogP contribution >= 0.6 is 15.9 Å². The number of nitrogens with zero attached hydrogens (tertiary/aromatic N) is 2. The summed E-state index contributed by atoms with van der Waals surface area (Å²) in [6.07, 6.45) is 0. The van der Waals surface area contributed by atoms with Gasteiger partial charge in [0, 0.05) is 0 Å². The fraction of sp³-hybridized carbons (Fsp3) is 0.111. The molecule has 2 heterocycles. The normalized spacial score (nSPS) is 10.1. The highest BCUT2D eigenvalue weighted by Crippen LogP contribution is 2.31. The minimum Gasteiger partial charge on any atom is -0.458 e. The predicted molar refractivity (Wildman–Crippen MR) is 51.4 cm³/mol. The first-order valence-electron chi connectivity index (χ1n) is 3.84. The van der Waals surface area contributed by atoms with E-state index >= 15 is 0 Å². The average molecular weight is 253 g/mol. The molecule has 0 N–H and O–H groups in total. The molecule has 0 unspecified atom stereocenters. The van der Waals surface area contributed by atoms with Gasteiger partial charge >= 0.3 is 0 Å². The Labute approximate surface area is 88.2 Å². The van der Waals surface area contributed by atoms with Crippen molar-refractivity contribution in [3.8, 4) is 17.6 Å². The topological polar surface area (TPSA) is 63.0 Å². The Morgan fingerprint density at radius 3 is 2.79 bits per heavy atom. The maximum atomic E-state index is 8.65. The summed E-state index contributed by atoms with van der Waals surface area (Å²) in [4.78, 5) is 0. The molecule has 0 fully saturated rings. The molecule has 70 valence electrons. The third-order valence-corrected chi connectivity index (χ3v) is 2.44. The summed E-state index contributed by atoms with van der Waals surface area (Å²) < 4.78 is 10.8. The molecule has 5 heteroatoms. The van der Waals surface area contributed by atoms with Crippen molar-refractivity contribution in [2.45, 2.75) is 6.92 Å². The fourth-order valence-electron chi connectivity index (χ4n) is 1.06. The molecular formula is C9H5BrN2O2. The molecule has 0 atom stereocenters. The summed E-state index contributed by atoms with van der Waals surface area (Å²) in [7, 11) is 0. The molecule has 0 saturated carbocycles. The van der Waals surface area contributed by atoms with E-state index in [1.165, 1.54) is 0 Å². The first-order chi connectivity index (χ1) is 6.72. The lowest BCUT2D eigenvalue weighted by Crippen LogP contribution is -1.72. The van der Waals surface area contributed by atoms with Crippen molar-refractivity contribution >= 4 is 15.9 Å². The van der Waals surface area contributed by atoms with Crippen LogP contribution in [0.1, 0.15) is 11.5 Å². The highest BCUT2D eigenvalue weighted by Gasteiger charge is 2.17. The summed E-state index contributed by atoms with van der Waals surface area (Å²) in [6.45, 7) is 1.83. The molecule has 0 saturated heterocycles. The Morgan fingerprint density at radius 2 is 2.29 bits per heavy atom. The molecule has 0 aliphatic carbocycles. The van der Waals surface area contributed by atoms with Gasteiger partial charge in [0.2, 0.25) is 5.76 Å². The van der Waals surface area contributed by atoms with Gasteiger partial charge in [0.15, 0.2) is 11.5 Å². The van der Waals surface area contributed by atoms with Crippen LogP contribution in [0.15, 0.2) is 25.5 Å². The predicted octanol–water partition coefficient (Wildman–Crippen LogP) is 2.88. The molecular weight excluding hydrogens is 248 g/mol. The second kappa shape index (κ2) is 3.31. The number of nitriles is 1. The molecule has 0 aliphatic heterocycles. The zero-order chi connectivity index (χ0) is 10.1. The quantitative estimate of drug-likeness (QED) is 0.783. The van der Waals surface area contributed by atoms with Crippen molar-refractivity contribution < 1.29 is 8.94 Å². The number of hydrogen-bond acceptors (Lipinski definition) is 4. The maximum absolute atomic E-state index is 8.65. The van der Waals surface area contributed by atoms with Crippen LogP contribution in [0.25, 0.3) is 11.5 Å². The second-order valence-corrected chi connectivity index (χ2v) is 3.49. The van der Waals surface area contributed by atoms with Crippen LogP contribution in [-0.4, -0.2) is 5.16 Å². The van der Waals surface area contributed by atoms with Gasteiger partial charge in [0.25, 0.3) is 0 Å². The number of halogens is 1. The standard InChI is InChI=1S/C9H5BrN2O2/c1-5-2-3-7(13-5)9-8(10)6(4-11)12-14-9/h2-3H,1H3. The monoisotopic (exact) mass is 252 g/mol. The Balaban J connectivity index is 2.53. The first kappa shape index (κ1) is 9.03. The van der Waals surface area contributed by atoms with Gasteiger partial charge in [-0.25, -0.2) is 0 Å². The summed E-state index contributed by atoms with van der Waals surface area (Å²) >= 11 is 3.22. The van der Waals surface area contributed by atoms with Gasteiger partial charge < -0.3 is 8.94 Å². The first-order valence-corrected chi connectivity index (χ1v) is 4.63. The maximum Gasteiger partial charge on any atom is 0.217 e. The molecule has 0 aromatic carbocycles. The minimum absolute atomic E-state index is 0.217. The number of rotatable bonds is 1. The number of furan rings is 1. The van der Waals surface area contributed by atoms with Crippen LogP contribution < -0.4 is 0 Å². The van der Waals surface area contributed by atoms with Crippen LogP contribution in [-0.2, 0) is 0 Å². The summed E-state index contributed by atoms with van der Waals surface area (Å²) in [5.41, 5.74) is 0.217. The minimum atomic E-state index is 0.217. The molecule has 0 amide bonds. The largest absolute Gasteiger partial charge is 0.458 e. The molecule has 2 rings (SSSR count). The highest BCUT2D eigenvalue weighted by atomic mass is 79.9. The van der Waals surface area contributed by atoms with Gasteiger partial charge in [-0.05, 0) is 35.0 Å². The number of aromatic nitrogens is 1. The molecule has 0 spiro atoms. The molecule has 2 aromatic rings. The summed E-state index contributed by atoms with van der Waals surface area (Å²) in [5.74, 6) is 1.78. The number of hydrogen-bond donors (Lipinski definition) is 0. The van der Waals surface area contributed by atoms with E-state index in [9.17, 15) is 0 Å². The lowest BCUT2D eigenvalue weighted by atomic mass is 10.3. The molecule has 14 heavy (non-hydrogen) atoms. The van der Waals surface area contributed by atoms with E-state index in [1.54, 1.807) is 6.07 Å². The zero-order valence-electron chi connectivity index (χ0n) is 7.24. The van der Waals surface area contributed by atoms with E-state index < -0.39 is 0 Å². The van der Waals surface area contributed by atoms with Crippen molar-refractivity contribution in [1.29, 1.82) is 5.26 Å². The summed E-state index contributed by atoms with van der Waals surface area (Å²) in [6, 6.07) is 5.48. The molecule has 4 nitrogen and oxygen atoms in total. The Hall–Kier alpha value is -1.54. The highest BCUT2D eigenvalue weighted by molar-refractivity contribution is 9.10. The average Bonchev–Trinajstić information content (AvgIpc) is 2.72. The van der Waals surface area contributed by atoms with Gasteiger partial charge in [-0.15, -0.1) is 0 Å². The van der Waals surface area contributed by atoms with Crippen LogP contribution in [0.2, 0.25) is 0 Å². The van der Waals surface area contributed by atoms with Crippen LogP contribution in [0, 0.1) is 18.3 Å². The third kappa shape index (κ3) is 1.34. The van der Waals surface area contributed by atoms with Gasteiger partial charge in [-0.3, -0.25) is 0 Å². The smallest absolute Gasteiger partial charge is 0.217 e. The SMILES string of the molecule is Cc1ccc(-c2onc(C#N)c2Br)o1. The third-order valence-electron chi connectivity index (χ3n) is 1.71. The van der Waals surface area contributed by atoms with E-state index in [-0.39, 0.29) is 5.69 Å². The van der Waals surface area contributed by atoms with Crippen molar-refractivity contribution in [1.82, 2.24) is 5.16 Å². The van der Waals surface area contributed by atoms with E-state index in [4.69, 9.17) is 14.2 Å². The Morgan fingerprint density at radius 1 is 1.50 bits per heavy atom. The second-order valence-electron chi connectivity index (χ2n) is 2.70. The Kier molecular flexibility index (Phi) is 2.14. The lowest BCUT2D eigenvalue weighted by Gasteiger charge is -1.88. The summed E-state index contributed by atoms with van der Waals surface area (Å²) in [5, 5.41) is 12.2. The molecule has 0 bridgehead atoms. The number of aryl methyl sites for hydroxylation is 1. The van der Waals surface area contributed by atoms with Crippen LogP contribution in [0.3, 0.4) is 0 Å². The van der Waals surface area contributed by atoms with Crippen LogP contribution in [0.5, 0.6) is 0 Å². The Bertz CT molecular complexity index is 507. The fourth-order valence-corrected chi connectivity index (χ4v) is 1.49. The molecule has 0 aliphatic rings. The zero-order valence-corrected chi connectivity index (χ0v) is 8.83. The van der Waals surface area contributed by atoms with E-state index in [2.05, 4.69) is 21.1 Å². The van der Waals surface area contributed by atoms with Gasteiger partial charge in [-0.2, -0.15) is 5.26 Å². The van der Waals surface area contributed by atoms with Crippen molar-refractivity contribution in [2.75, 3.05) is 0 Å². The van der Waals surface area contributed by atoms with E-state index in [0.29, 0.717) is 16.0 Å². The van der Waals surface area contributed by atoms with E-state index in [0.717, 1.165) is 5.76 Å². The van der Waals surface area contributed by atoms with Crippen molar-refractivity contribution in [3.63, 3.8) is 0 Å². The van der Waals surface area contributed by atoms with Gasteiger partial charge in [0.05, 0.1) is 0 Å². The van der Waals surface area contributed by atoms with Gasteiger partial charge in [-0.1, -0.05) is 5.16 Å². The van der Waals surface area contributed by atoms with Crippen molar-refractivity contribution in [2.24, 2.45) is 0 Å². The molecule has 2 aromatic heterocycles.